The fourth-order valence-corrected chi connectivity index (χ4v) is 3.05. The molecule has 1 aromatic rings. The Balaban J connectivity index is 2.11. The Morgan fingerprint density at radius 2 is 1.76 bits per heavy atom. The largest absolute Gasteiger partial charge is 0.371 e. The standard InChI is InChI=1S/C14H18N2O/c1-15(10-17)13-8-11-4-2-6-16-7-3-5-12(9-13)14(11)16/h8-10H,2-7H2,1H3. The first kappa shape index (κ1) is 10.6. The van der Waals surface area contributed by atoms with E-state index in [1.165, 1.54) is 42.7 Å². The van der Waals surface area contributed by atoms with E-state index in [4.69, 9.17) is 0 Å². The maximum atomic E-state index is 10.9. The maximum absolute atomic E-state index is 10.9. The van der Waals surface area contributed by atoms with E-state index < -0.39 is 0 Å². The molecule has 1 aromatic carbocycles. The first-order chi connectivity index (χ1) is 8.29. The number of benzene rings is 1. The molecule has 17 heavy (non-hydrogen) atoms. The lowest BCUT2D eigenvalue weighted by Gasteiger charge is -2.37. The second-order valence-electron chi connectivity index (χ2n) is 5.02. The van der Waals surface area contributed by atoms with Crippen molar-refractivity contribution < 1.29 is 4.79 Å². The molecule has 2 aliphatic heterocycles. The normalized spacial score (nSPS) is 17.6. The van der Waals surface area contributed by atoms with Gasteiger partial charge in [0.05, 0.1) is 0 Å². The van der Waals surface area contributed by atoms with Crippen LogP contribution >= 0.6 is 0 Å². The van der Waals surface area contributed by atoms with Crippen molar-refractivity contribution >= 4 is 17.8 Å². The fraction of sp³-hybridized carbons (Fsp3) is 0.500. The Bertz CT molecular complexity index is 425. The van der Waals surface area contributed by atoms with Crippen LogP contribution in [-0.2, 0) is 17.6 Å². The van der Waals surface area contributed by atoms with E-state index in [1.807, 2.05) is 7.05 Å². The van der Waals surface area contributed by atoms with Crippen LogP contribution in [0.3, 0.4) is 0 Å². The Morgan fingerprint density at radius 3 is 2.29 bits per heavy atom. The van der Waals surface area contributed by atoms with Gasteiger partial charge in [-0.15, -0.1) is 0 Å². The summed E-state index contributed by atoms with van der Waals surface area (Å²) in [7, 11) is 1.82. The van der Waals surface area contributed by atoms with Gasteiger partial charge >= 0.3 is 0 Å². The summed E-state index contributed by atoms with van der Waals surface area (Å²) in [4.78, 5) is 15.1. The molecule has 1 amide bonds. The van der Waals surface area contributed by atoms with E-state index >= 15 is 0 Å². The Labute approximate surface area is 102 Å². The number of amides is 1. The molecule has 2 aliphatic rings. The second kappa shape index (κ2) is 4.06. The van der Waals surface area contributed by atoms with Crippen LogP contribution in [0, 0.1) is 0 Å². The van der Waals surface area contributed by atoms with Gasteiger partial charge in [0, 0.05) is 31.5 Å². The number of anilines is 2. The highest BCUT2D eigenvalue weighted by Crippen LogP contribution is 2.37. The molecular formula is C14H18N2O. The van der Waals surface area contributed by atoms with E-state index in [2.05, 4.69) is 17.0 Å². The lowest BCUT2D eigenvalue weighted by molar-refractivity contribution is -0.107. The van der Waals surface area contributed by atoms with Crippen molar-refractivity contribution in [3.63, 3.8) is 0 Å². The van der Waals surface area contributed by atoms with Crippen LogP contribution in [0.4, 0.5) is 11.4 Å². The molecule has 0 saturated carbocycles. The number of hydrogen-bond donors (Lipinski definition) is 0. The van der Waals surface area contributed by atoms with E-state index in [0.29, 0.717) is 0 Å². The van der Waals surface area contributed by atoms with Gasteiger partial charge in [0.1, 0.15) is 0 Å². The lowest BCUT2D eigenvalue weighted by Crippen LogP contribution is -2.34. The molecule has 0 saturated heterocycles. The maximum Gasteiger partial charge on any atom is 0.213 e. The third-order valence-electron chi connectivity index (χ3n) is 3.88. The Kier molecular flexibility index (Phi) is 2.54. The fourth-order valence-electron chi connectivity index (χ4n) is 3.05. The van der Waals surface area contributed by atoms with Crippen molar-refractivity contribution in [1.29, 1.82) is 0 Å². The van der Waals surface area contributed by atoms with Crippen LogP contribution in [0.1, 0.15) is 24.0 Å². The van der Waals surface area contributed by atoms with Gasteiger partial charge in [-0.25, -0.2) is 0 Å². The van der Waals surface area contributed by atoms with Gasteiger partial charge in [-0.1, -0.05) is 0 Å². The van der Waals surface area contributed by atoms with Crippen molar-refractivity contribution in [3.8, 4) is 0 Å². The molecule has 0 aromatic heterocycles. The minimum absolute atomic E-state index is 0.887. The number of aryl methyl sites for hydroxylation is 2. The average Bonchev–Trinajstić information content (AvgIpc) is 2.38. The molecule has 2 heterocycles. The summed E-state index contributed by atoms with van der Waals surface area (Å²) in [5.74, 6) is 0. The third-order valence-corrected chi connectivity index (χ3v) is 3.88. The van der Waals surface area contributed by atoms with Crippen LogP contribution in [-0.4, -0.2) is 26.5 Å². The highest BCUT2D eigenvalue weighted by atomic mass is 16.1. The highest BCUT2D eigenvalue weighted by molar-refractivity contribution is 5.78. The monoisotopic (exact) mass is 230 g/mol. The van der Waals surface area contributed by atoms with Crippen LogP contribution < -0.4 is 9.80 Å². The minimum Gasteiger partial charge on any atom is -0.371 e. The van der Waals surface area contributed by atoms with E-state index in [9.17, 15) is 4.79 Å². The van der Waals surface area contributed by atoms with Crippen molar-refractivity contribution in [2.24, 2.45) is 0 Å². The summed E-state index contributed by atoms with van der Waals surface area (Å²) in [6.45, 7) is 2.39. The molecule has 0 unspecified atom stereocenters. The molecule has 3 nitrogen and oxygen atoms in total. The molecule has 90 valence electrons. The van der Waals surface area contributed by atoms with Crippen LogP contribution in [0.25, 0.3) is 0 Å². The number of nitrogens with zero attached hydrogens (tertiary/aromatic N) is 2. The molecule has 3 heteroatoms. The molecule has 0 spiro atoms. The van der Waals surface area contributed by atoms with Crippen molar-refractivity contribution in [2.75, 3.05) is 29.9 Å². The zero-order valence-electron chi connectivity index (χ0n) is 10.3. The number of rotatable bonds is 2. The predicted molar refractivity (Wildman–Crippen MR) is 69.8 cm³/mol. The first-order valence-electron chi connectivity index (χ1n) is 6.38. The molecule has 0 radical (unpaired) electrons. The quantitative estimate of drug-likeness (QED) is 0.725. The summed E-state index contributed by atoms with van der Waals surface area (Å²) in [6, 6.07) is 4.37. The van der Waals surface area contributed by atoms with Crippen molar-refractivity contribution in [3.05, 3.63) is 23.3 Å². The number of hydrogen-bond acceptors (Lipinski definition) is 2. The molecule has 0 bridgehead atoms. The van der Waals surface area contributed by atoms with Crippen molar-refractivity contribution in [2.45, 2.75) is 25.7 Å². The van der Waals surface area contributed by atoms with Gasteiger partial charge in [-0.2, -0.15) is 0 Å². The molecule has 0 atom stereocenters. The summed E-state index contributed by atoms with van der Waals surface area (Å²) >= 11 is 0. The van der Waals surface area contributed by atoms with Crippen LogP contribution in [0.5, 0.6) is 0 Å². The minimum atomic E-state index is 0.887. The average molecular weight is 230 g/mol. The highest BCUT2D eigenvalue weighted by Gasteiger charge is 2.24. The van der Waals surface area contributed by atoms with E-state index in [-0.39, 0.29) is 0 Å². The summed E-state index contributed by atoms with van der Waals surface area (Å²) in [6.07, 6.45) is 5.66. The molecular weight excluding hydrogens is 212 g/mol. The third kappa shape index (κ3) is 1.70. The van der Waals surface area contributed by atoms with Gasteiger partial charge < -0.3 is 9.80 Å². The van der Waals surface area contributed by atoms with Gasteiger partial charge in [0.25, 0.3) is 0 Å². The SMILES string of the molecule is CN(C=O)c1cc2c3c(c1)CCCN3CCC2. The summed E-state index contributed by atoms with van der Waals surface area (Å²) in [5.41, 5.74) is 5.36. The number of carbonyl (C=O) groups excluding carboxylic acids is 1. The second-order valence-corrected chi connectivity index (χ2v) is 5.02. The molecule has 0 N–H and O–H groups in total. The lowest BCUT2D eigenvalue weighted by atomic mass is 9.91. The molecule has 0 aliphatic carbocycles. The van der Waals surface area contributed by atoms with Gasteiger partial charge in [0.15, 0.2) is 0 Å². The predicted octanol–water partition coefficient (Wildman–Crippen LogP) is 1.98. The number of carbonyl (C=O) groups is 1. The van der Waals surface area contributed by atoms with Crippen molar-refractivity contribution in [1.82, 2.24) is 0 Å². The summed E-state index contributed by atoms with van der Waals surface area (Å²) < 4.78 is 0. The summed E-state index contributed by atoms with van der Waals surface area (Å²) in [5, 5.41) is 0. The zero-order chi connectivity index (χ0) is 11.8. The smallest absolute Gasteiger partial charge is 0.213 e. The van der Waals surface area contributed by atoms with E-state index in [0.717, 1.165) is 24.9 Å². The van der Waals surface area contributed by atoms with Gasteiger partial charge in [-0.05, 0) is 48.9 Å². The van der Waals surface area contributed by atoms with E-state index in [1.54, 1.807) is 4.90 Å². The zero-order valence-corrected chi connectivity index (χ0v) is 10.3. The molecule has 0 fully saturated rings. The Hall–Kier alpha value is -1.51. The Morgan fingerprint density at radius 1 is 1.18 bits per heavy atom. The molecule has 3 rings (SSSR count). The van der Waals surface area contributed by atoms with Gasteiger partial charge in [0.2, 0.25) is 6.41 Å². The van der Waals surface area contributed by atoms with Crippen LogP contribution in [0.2, 0.25) is 0 Å². The first-order valence-corrected chi connectivity index (χ1v) is 6.38. The van der Waals surface area contributed by atoms with Gasteiger partial charge in [-0.3, -0.25) is 4.79 Å². The topological polar surface area (TPSA) is 23.6 Å². The van der Waals surface area contributed by atoms with Crippen LogP contribution in [0.15, 0.2) is 12.1 Å².